The second-order valence-corrected chi connectivity index (χ2v) is 5.02. The Hall–Kier alpha value is -1.72. The second kappa shape index (κ2) is 5.34. The maximum Gasteiger partial charge on any atom is 0.314 e. The fourth-order valence-electron chi connectivity index (χ4n) is 2.86. The maximum absolute atomic E-state index is 14.3. The van der Waals surface area contributed by atoms with E-state index in [4.69, 9.17) is 0 Å². The summed E-state index contributed by atoms with van der Waals surface area (Å²) in [5.74, 6) is -5.96. The average Bonchev–Trinajstić information content (AvgIpc) is 2.44. The number of carbonyl (C=O) groups is 1. The number of ether oxygens (including phenoxy) is 1. The molecule has 1 N–H and O–H groups in total. The topological polar surface area (TPSA) is 46.5 Å². The zero-order valence-electron chi connectivity index (χ0n) is 11.0. The molecule has 20 heavy (non-hydrogen) atoms. The van der Waals surface area contributed by atoms with Crippen LogP contribution in [0.3, 0.4) is 0 Å². The molecule has 0 amide bonds. The van der Waals surface area contributed by atoms with Crippen LogP contribution in [-0.2, 0) is 10.2 Å². The lowest BCUT2D eigenvalue weighted by molar-refractivity contribution is -0.145. The van der Waals surface area contributed by atoms with Crippen molar-refractivity contribution in [1.29, 1.82) is 0 Å². The molecule has 0 atom stereocenters. The van der Waals surface area contributed by atoms with E-state index in [1.54, 1.807) is 0 Å². The molecule has 0 bridgehead atoms. The Balaban J connectivity index is 2.66. The molecule has 1 aromatic carbocycles. The SMILES string of the molecule is COc1c(F)c(F)cc(C2(C(=O)O)CCCCC2)c1F. The Bertz CT molecular complexity index is 537. The van der Waals surface area contributed by atoms with E-state index in [1.165, 1.54) is 0 Å². The van der Waals surface area contributed by atoms with Gasteiger partial charge in [0.15, 0.2) is 17.4 Å². The summed E-state index contributed by atoms with van der Waals surface area (Å²) in [5, 5.41) is 9.47. The van der Waals surface area contributed by atoms with Gasteiger partial charge in [0, 0.05) is 5.56 Å². The van der Waals surface area contributed by atoms with Crippen LogP contribution in [0.4, 0.5) is 13.2 Å². The van der Waals surface area contributed by atoms with E-state index >= 15 is 0 Å². The lowest BCUT2D eigenvalue weighted by atomic mass is 9.69. The van der Waals surface area contributed by atoms with Crippen LogP contribution in [0.25, 0.3) is 0 Å². The molecule has 0 heterocycles. The van der Waals surface area contributed by atoms with Crippen LogP contribution >= 0.6 is 0 Å². The number of methoxy groups -OCH3 is 1. The van der Waals surface area contributed by atoms with Gasteiger partial charge >= 0.3 is 5.97 Å². The Morgan fingerprint density at radius 1 is 1.20 bits per heavy atom. The summed E-state index contributed by atoms with van der Waals surface area (Å²) < 4.78 is 45.9. The molecule has 0 aliphatic heterocycles. The number of hydrogen-bond acceptors (Lipinski definition) is 2. The van der Waals surface area contributed by atoms with E-state index in [2.05, 4.69) is 4.74 Å². The Morgan fingerprint density at radius 2 is 1.80 bits per heavy atom. The summed E-state index contributed by atoms with van der Waals surface area (Å²) in [4.78, 5) is 11.6. The van der Waals surface area contributed by atoms with Crippen molar-refractivity contribution in [3.63, 3.8) is 0 Å². The molecule has 0 spiro atoms. The van der Waals surface area contributed by atoms with E-state index in [9.17, 15) is 23.1 Å². The fraction of sp³-hybridized carbons (Fsp3) is 0.500. The molecule has 3 nitrogen and oxygen atoms in total. The largest absolute Gasteiger partial charge is 0.491 e. The fourth-order valence-corrected chi connectivity index (χ4v) is 2.86. The summed E-state index contributed by atoms with van der Waals surface area (Å²) in [6.07, 6.45) is 2.46. The quantitative estimate of drug-likeness (QED) is 0.867. The summed E-state index contributed by atoms with van der Waals surface area (Å²) in [6.45, 7) is 0. The van der Waals surface area contributed by atoms with Crippen LogP contribution in [0.5, 0.6) is 5.75 Å². The molecule has 1 saturated carbocycles. The molecule has 0 saturated heterocycles. The van der Waals surface area contributed by atoms with E-state index in [0.717, 1.165) is 13.5 Å². The van der Waals surface area contributed by atoms with Crippen LogP contribution in [-0.4, -0.2) is 18.2 Å². The molecule has 1 aliphatic rings. The lowest BCUT2D eigenvalue weighted by Gasteiger charge is -2.34. The number of rotatable bonds is 3. The Morgan fingerprint density at radius 3 is 2.30 bits per heavy atom. The summed E-state index contributed by atoms with van der Waals surface area (Å²) in [7, 11) is 1.01. The van der Waals surface area contributed by atoms with Crippen molar-refractivity contribution in [1.82, 2.24) is 0 Å². The molecule has 2 rings (SSSR count). The minimum atomic E-state index is -1.51. The first-order valence-electron chi connectivity index (χ1n) is 6.39. The van der Waals surface area contributed by atoms with Gasteiger partial charge < -0.3 is 9.84 Å². The van der Waals surface area contributed by atoms with Gasteiger partial charge in [-0.25, -0.2) is 8.78 Å². The third-order valence-corrected chi connectivity index (χ3v) is 3.95. The summed E-state index contributed by atoms with van der Waals surface area (Å²) in [5.41, 5.74) is -1.84. The van der Waals surface area contributed by atoms with E-state index < -0.39 is 34.6 Å². The highest BCUT2D eigenvalue weighted by Crippen LogP contribution is 2.43. The minimum absolute atomic E-state index is 0.202. The van der Waals surface area contributed by atoms with Crippen molar-refractivity contribution in [3.05, 3.63) is 29.1 Å². The van der Waals surface area contributed by atoms with Gasteiger partial charge in [-0.05, 0) is 18.9 Å². The van der Waals surface area contributed by atoms with E-state index in [1.807, 2.05) is 0 Å². The molecule has 1 aromatic rings. The smallest absolute Gasteiger partial charge is 0.314 e. The van der Waals surface area contributed by atoms with Gasteiger partial charge in [0.25, 0.3) is 0 Å². The third kappa shape index (κ3) is 2.13. The van der Waals surface area contributed by atoms with Crippen LogP contribution in [0.2, 0.25) is 0 Å². The highest BCUT2D eigenvalue weighted by atomic mass is 19.2. The highest BCUT2D eigenvalue weighted by Gasteiger charge is 2.44. The standard InChI is InChI=1S/C14H15F3O3/c1-20-12-10(16)8(7-9(15)11(12)17)14(13(18)19)5-3-2-4-6-14/h7H,2-6H2,1H3,(H,18,19). The molecule has 0 unspecified atom stereocenters. The highest BCUT2D eigenvalue weighted by molar-refractivity contribution is 5.82. The van der Waals surface area contributed by atoms with Crippen molar-refractivity contribution in [2.45, 2.75) is 37.5 Å². The van der Waals surface area contributed by atoms with Gasteiger partial charge in [-0.15, -0.1) is 0 Å². The number of hydrogen-bond donors (Lipinski definition) is 1. The van der Waals surface area contributed by atoms with Crippen molar-refractivity contribution in [2.24, 2.45) is 0 Å². The van der Waals surface area contributed by atoms with Crippen molar-refractivity contribution < 1.29 is 27.8 Å². The molecule has 1 aliphatic carbocycles. The molecule has 110 valence electrons. The van der Waals surface area contributed by atoms with Gasteiger partial charge in [-0.2, -0.15) is 4.39 Å². The first-order chi connectivity index (χ1) is 9.44. The number of carboxylic acid groups (broad SMARTS) is 1. The minimum Gasteiger partial charge on any atom is -0.491 e. The van der Waals surface area contributed by atoms with Gasteiger partial charge in [-0.1, -0.05) is 19.3 Å². The predicted octanol–water partition coefficient (Wildman–Crippen LogP) is 3.40. The molecule has 0 aromatic heterocycles. The van der Waals surface area contributed by atoms with Crippen molar-refractivity contribution in [2.75, 3.05) is 7.11 Å². The van der Waals surface area contributed by atoms with Crippen LogP contribution in [0.15, 0.2) is 6.07 Å². The Kier molecular flexibility index (Phi) is 3.92. The normalized spacial score (nSPS) is 17.8. The first-order valence-corrected chi connectivity index (χ1v) is 6.39. The number of halogens is 3. The van der Waals surface area contributed by atoms with E-state index in [-0.39, 0.29) is 18.4 Å². The third-order valence-electron chi connectivity index (χ3n) is 3.95. The Labute approximate surface area is 114 Å². The maximum atomic E-state index is 14.3. The number of benzene rings is 1. The molecular weight excluding hydrogens is 273 g/mol. The summed E-state index contributed by atoms with van der Waals surface area (Å²) in [6, 6.07) is 0.645. The molecular formula is C14H15F3O3. The lowest BCUT2D eigenvalue weighted by Crippen LogP contribution is -2.39. The number of aliphatic carboxylic acids is 1. The average molecular weight is 288 g/mol. The predicted molar refractivity (Wildman–Crippen MR) is 65.3 cm³/mol. The van der Waals surface area contributed by atoms with Crippen LogP contribution < -0.4 is 4.74 Å². The molecule has 6 heteroatoms. The van der Waals surface area contributed by atoms with Gasteiger partial charge in [0.2, 0.25) is 5.82 Å². The van der Waals surface area contributed by atoms with Crippen molar-refractivity contribution in [3.8, 4) is 5.75 Å². The van der Waals surface area contributed by atoms with E-state index in [0.29, 0.717) is 18.9 Å². The number of carboxylic acids is 1. The van der Waals surface area contributed by atoms with Crippen molar-refractivity contribution >= 4 is 5.97 Å². The molecule has 1 fully saturated rings. The second-order valence-electron chi connectivity index (χ2n) is 5.02. The van der Waals surface area contributed by atoms with Crippen LogP contribution in [0, 0.1) is 17.5 Å². The zero-order chi connectivity index (χ0) is 14.9. The first kappa shape index (κ1) is 14.7. The molecule has 0 radical (unpaired) electrons. The van der Waals surface area contributed by atoms with Gasteiger partial charge in [0.1, 0.15) is 0 Å². The van der Waals surface area contributed by atoms with Gasteiger partial charge in [0.05, 0.1) is 12.5 Å². The monoisotopic (exact) mass is 288 g/mol. The summed E-state index contributed by atoms with van der Waals surface area (Å²) >= 11 is 0. The zero-order valence-corrected chi connectivity index (χ0v) is 11.0. The van der Waals surface area contributed by atoms with Crippen LogP contribution in [0.1, 0.15) is 37.7 Å². The van der Waals surface area contributed by atoms with Gasteiger partial charge in [-0.3, -0.25) is 4.79 Å².